The number of hydrogen-bond donors (Lipinski definition) is 2. The van der Waals surface area contributed by atoms with E-state index in [4.69, 9.17) is 0 Å². The van der Waals surface area contributed by atoms with Crippen molar-refractivity contribution in [1.29, 1.82) is 0 Å². The Morgan fingerprint density at radius 1 is 1.33 bits per heavy atom. The molecule has 1 aromatic carbocycles. The maximum absolute atomic E-state index is 12.6. The second-order valence-electron chi connectivity index (χ2n) is 5.94. The molecule has 2 heterocycles. The maximum Gasteiger partial charge on any atom is 0.329 e. The van der Waals surface area contributed by atoms with Crippen LogP contribution in [-0.2, 0) is 17.8 Å². The molecule has 1 amide bonds. The van der Waals surface area contributed by atoms with Crippen molar-refractivity contribution >= 4 is 38.8 Å². The highest BCUT2D eigenvalue weighted by Gasteiger charge is 2.15. The number of carbonyl (C=O) groups excluding carboxylic acids is 1. The number of nitro groups is 1. The van der Waals surface area contributed by atoms with Crippen molar-refractivity contribution in [3.63, 3.8) is 0 Å². The standard InChI is InChI=1S/C17H16N4O5S/c1-3-11-7-12-15(27-11)19-17(24)20(16(12)23)8-14(22)18-13-6-10(21(25)26)5-4-9(13)2/h4-7H,3,8H2,1-2H3,(H,18,22)(H,19,24). The number of aromatic amines is 1. The monoisotopic (exact) mass is 388 g/mol. The average molecular weight is 388 g/mol. The van der Waals surface area contributed by atoms with Crippen LogP contribution in [0.25, 0.3) is 10.2 Å². The number of nitrogens with zero attached hydrogens (tertiary/aromatic N) is 2. The van der Waals surface area contributed by atoms with Crippen LogP contribution in [0.1, 0.15) is 17.4 Å². The summed E-state index contributed by atoms with van der Waals surface area (Å²) in [5, 5.41) is 13.8. The lowest BCUT2D eigenvalue weighted by Crippen LogP contribution is -2.38. The van der Waals surface area contributed by atoms with Crippen LogP contribution in [0.2, 0.25) is 0 Å². The zero-order valence-electron chi connectivity index (χ0n) is 14.6. The van der Waals surface area contributed by atoms with Gasteiger partial charge in [0.1, 0.15) is 11.4 Å². The summed E-state index contributed by atoms with van der Waals surface area (Å²) in [6.45, 7) is 3.13. The molecule has 0 bridgehead atoms. The van der Waals surface area contributed by atoms with E-state index in [0.29, 0.717) is 15.8 Å². The summed E-state index contributed by atoms with van der Waals surface area (Å²) in [6.07, 6.45) is 0.730. The lowest BCUT2D eigenvalue weighted by molar-refractivity contribution is -0.384. The lowest BCUT2D eigenvalue weighted by atomic mass is 10.2. The molecule has 0 aliphatic rings. The predicted octanol–water partition coefficient (Wildman–Crippen LogP) is 2.17. The topological polar surface area (TPSA) is 127 Å². The van der Waals surface area contributed by atoms with E-state index in [1.165, 1.54) is 29.5 Å². The largest absolute Gasteiger partial charge is 0.329 e. The van der Waals surface area contributed by atoms with E-state index < -0.39 is 28.6 Å². The summed E-state index contributed by atoms with van der Waals surface area (Å²) in [6, 6.07) is 5.78. The van der Waals surface area contributed by atoms with Crippen LogP contribution in [0.5, 0.6) is 0 Å². The van der Waals surface area contributed by atoms with Crippen LogP contribution >= 0.6 is 11.3 Å². The van der Waals surface area contributed by atoms with Gasteiger partial charge in [-0.15, -0.1) is 11.3 Å². The highest BCUT2D eigenvalue weighted by molar-refractivity contribution is 7.18. The summed E-state index contributed by atoms with van der Waals surface area (Å²) in [4.78, 5) is 51.4. The number of anilines is 1. The smallest absolute Gasteiger partial charge is 0.324 e. The van der Waals surface area contributed by atoms with E-state index in [9.17, 15) is 24.5 Å². The normalized spacial score (nSPS) is 10.9. The van der Waals surface area contributed by atoms with Crippen LogP contribution in [0, 0.1) is 17.0 Å². The van der Waals surface area contributed by atoms with E-state index in [1.54, 1.807) is 13.0 Å². The van der Waals surface area contributed by atoms with E-state index in [-0.39, 0.29) is 11.4 Å². The zero-order chi connectivity index (χ0) is 19.7. The van der Waals surface area contributed by atoms with Crippen molar-refractivity contribution in [3.8, 4) is 0 Å². The average Bonchev–Trinajstić information content (AvgIpc) is 3.03. The van der Waals surface area contributed by atoms with Gasteiger partial charge in [0.15, 0.2) is 0 Å². The van der Waals surface area contributed by atoms with Gasteiger partial charge in [0, 0.05) is 17.0 Å². The highest BCUT2D eigenvalue weighted by atomic mass is 32.1. The minimum atomic E-state index is -0.678. The fourth-order valence-electron chi connectivity index (χ4n) is 2.61. The fourth-order valence-corrected chi connectivity index (χ4v) is 3.58. The van der Waals surface area contributed by atoms with Crippen molar-refractivity contribution in [1.82, 2.24) is 9.55 Å². The molecule has 9 nitrogen and oxygen atoms in total. The van der Waals surface area contributed by atoms with E-state index in [2.05, 4.69) is 10.3 Å². The molecule has 3 rings (SSSR count). The molecule has 0 unspecified atom stereocenters. The van der Waals surface area contributed by atoms with Gasteiger partial charge >= 0.3 is 5.69 Å². The van der Waals surface area contributed by atoms with Gasteiger partial charge in [-0.05, 0) is 25.0 Å². The van der Waals surface area contributed by atoms with Crippen molar-refractivity contribution in [2.24, 2.45) is 0 Å². The number of H-pyrrole nitrogens is 1. The molecule has 10 heteroatoms. The van der Waals surface area contributed by atoms with Gasteiger partial charge in [-0.3, -0.25) is 29.3 Å². The highest BCUT2D eigenvalue weighted by Crippen LogP contribution is 2.22. The summed E-state index contributed by atoms with van der Waals surface area (Å²) in [7, 11) is 0. The molecule has 0 saturated heterocycles. The number of aryl methyl sites for hydroxylation is 2. The molecule has 140 valence electrons. The SMILES string of the molecule is CCc1cc2c(=O)n(CC(=O)Nc3cc([N+](=O)[O-])ccc3C)c(=O)[nH]c2s1. The molecule has 0 atom stereocenters. The molecule has 3 aromatic rings. The Balaban J connectivity index is 1.91. The maximum atomic E-state index is 12.6. The molecule has 0 saturated carbocycles. The van der Waals surface area contributed by atoms with Gasteiger partial charge in [0.25, 0.3) is 11.2 Å². The lowest BCUT2D eigenvalue weighted by Gasteiger charge is -2.09. The van der Waals surface area contributed by atoms with Crippen LogP contribution < -0.4 is 16.6 Å². The molecule has 0 aliphatic heterocycles. The van der Waals surface area contributed by atoms with Crippen LogP contribution in [-0.4, -0.2) is 20.4 Å². The first-order chi connectivity index (χ1) is 12.8. The number of benzene rings is 1. The van der Waals surface area contributed by atoms with Crippen LogP contribution in [0.15, 0.2) is 33.9 Å². The van der Waals surface area contributed by atoms with Crippen molar-refractivity contribution < 1.29 is 9.72 Å². The first-order valence-electron chi connectivity index (χ1n) is 8.10. The van der Waals surface area contributed by atoms with Crippen LogP contribution in [0.3, 0.4) is 0 Å². The number of nitro benzene ring substituents is 1. The van der Waals surface area contributed by atoms with Gasteiger partial charge < -0.3 is 5.32 Å². The number of thiophene rings is 1. The number of fused-ring (bicyclic) bond motifs is 1. The Kier molecular flexibility index (Phi) is 4.91. The molecular weight excluding hydrogens is 372 g/mol. The number of non-ortho nitro benzene ring substituents is 1. The molecule has 2 N–H and O–H groups in total. The number of nitrogens with one attached hydrogen (secondary N) is 2. The van der Waals surface area contributed by atoms with Crippen molar-refractivity contribution in [2.45, 2.75) is 26.8 Å². The number of rotatable bonds is 5. The van der Waals surface area contributed by atoms with Gasteiger partial charge in [-0.25, -0.2) is 4.79 Å². The molecular formula is C17H16N4O5S. The minimum Gasteiger partial charge on any atom is -0.324 e. The van der Waals surface area contributed by atoms with Crippen molar-refractivity contribution in [3.05, 3.63) is 65.7 Å². The summed E-state index contributed by atoms with van der Waals surface area (Å²) in [5.41, 5.74) is -0.518. The Morgan fingerprint density at radius 2 is 2.07 bits per heavy atom. The third-order valence-corrected chi connectivity index (χ3v) is 5.28. The van der Waals surface area contributed by atoms with Crippen molar-refractivity contribution in [2.75, 3.05) is 5.32 Å². The van der Waals surface area contributed by atoms with Gasteiger partial charge in [0.05, 0.1) is 16.0 Å². The second-order valence-corrected chi connectivity index (χ2v) is 7.07. The predicted molar refractivity (Wildman–Crippen MR) is 103 cm³/mol. The quantitative estimate of drug-likeness (QED) is 0.511. The van der Waals surface area contributed by atoms with Gasteiger partial charge in [-0.2, -0.15) is 0 Å². The zero-order valence-corrected chi connectivity index (χ0v) is 15.4. The fraction of sp³-hybridized carbons (Fsp3) is 0.235. The third kappa shape index (κ3) is 3.65. The van der Waals surface area contributed by atoms with E-state index >= 15 is 0 Å². The van der Waals surface area contributed by atoms with E-state index in [1.807, 2.05) is 6.92 Å². The first-order valence-corrected chi connectivity index (χ1v) is 8.92. The molecule has 27 heavy (non-hydrogen) atoms. The number of aromatic nitrogens is 2. The second kappa shape index (κ2) is 7.16. The number of hydrogen-bond acceptors (Lipinski definition) is 6. The number of amides is 1. The Labute approximate surface area is 156 Å². The Morgan fingerprint density at radius 3 is 2.74 bits per heavy atom. The van der Waals surface area contributed by atoms with E-state index in [0.717, 1.165) is 15.9 Å². The molecule has 0 spiro atoms. The molecule has 0 fully saturated rings. The summed E-state index contributed by atoms with van der Waals surface area (Å²) < 4.78 is 0.816. The summed E-state index contributed by atoms with van der Waals surface area (Å²) in [5.74, 6) is -0.628. The Hall–Kier alpha value is -3.27. The minimum absolute atomic E-state index is 0.169. The number of carbonyl (C=O) groups is 1. The molecule has 0 aliphatic carbocycles. The van der Waals surface area contributed by atoms with Gasteiger partial charge in [0.2, 0.25) is 5.91 Å². The molecule has 2 aromatic heterocycles. The first kappa shape index (κ1) is 18.5. The Bertz CT molecular complexity index is 1170. The van der Waals surface area contributed by atoms with Crippen LogP contribution in [0.4, 0.5) is 11.4 Å². The third-order valence-electron chi connectivity index (χ3n) is 4.08. The summed E-state index contributed by atoms with van der Waals surface area (Å²) >= 11 is 1.33. The van der Waals surface area contributed by atoms with Gasteiger partial charge in [-0.1, -0.05) is 13.0 Å². The molecule has 0 radical (unpaired) electrons.